The molecule has 9 heteroatoms. The molecular weight excluding hydrogens is 428 g/mol. The lowest BCUT2D eigenvalue weighted by atomic mass is 9.68. The van der Waals surface area contributed by atoms with Crippen molar-refractivity contribution in [2.24, 2.45) is 5.41 Å². The summed E-state index contributed by atoms with van der Waals surface area (Å²) >= 11 is 0. The van der Waals surface area contributed by atoms with Crippen molar-refractivity contribution < 1.29 is 18.3 Å². The zero-order valence-electron chi connectivity index (χ0n) is 17.9. The third-order valence-electron chi connectivity index (χ3n) is 5.96. The molecule has 0 aliphatic carbocycles. The van der Waals surface area contributed by atoms with Gasteiger partial charge in [0.25, 0.3) is 0 Å². The van der Waals surface area contributed by atoms with Gasteiger partial charge in [0.05, 0.1) is 23.1 Å². The molecule has 1 aliphatic rings. The smallest absolute Gasteiger partial charge is 0.213 e. The molecule has 1 aliphatic heterocycles. The maximum atomic E-state index is 14.0. The first-order valence-electron chi connectivity index (χ1n) is 10.4. The predicted octanol–water partition coefficient (Wildman–Crippen LogP) is 3.36. The fourth-order valence-electron chi connectivity index (χ4n) is 4.21. The number of Topliss-reactive ketones (excluding diaryl/α,β-unsaturated/α-hetero) is 1. The molecule has 0 unspecified atom stereocenters. The number of nitriles is 1. The summed E-state index contributed by atoms with van der Waals surface area (Å²) in [5.41, 5.74) is 0.284. The number of pyridine rings is 1. The highest BCUT2D eigenvalue weighted by atomic mass is 19.2. The Bertz CT molecular complexity index is 1190. The third-order valence-corrected chi connectivity index (χ3v) is 5.96. The van der Waals surface area contributed by atoms with E-state index < -0.39 is 23.0 Å². The number of carbonyl (C=O) groups is 1. The largest absolute Gasteiger partial charge is 0.478 e. The molecule has 4 rings (SSSR count). The Morgan fingerprint density at radius 3 is 2.64 bits per heavy atom. The van der Waals surface area contributed by atoms with Crippen LogP contribution in [0.4, 0.5) is 8.78 Å². The number of rotatable bonds is 7. The summed E-state index contributed by atoms with van der Waals surface area (Å²) in [7, 11) is 0. The normalized spacial score (nSPS) is 19.8. The second-order valence-corrected chi connectivity index (χ2v) is 7.96. The fourth-order valence-corrected chi connectivity index (χ4v) is 4.21. The summed E-state index contributed by atoms with van der Waals surface area (Å²) in [5.74, 6) is -1.65. The van der Waals surface area contributed by atoms with Gasteiger partial charge in [-0.3, -0.25) is 4.79 Å². The van der Waals surface area contributed by atoms with E-state index in [1.807, 2.05) is 6.07 Å². The molecule has 3 aromatic rings. The molecule has 1 aromatic carbocycles. The highest BCUT2D eigenvalue weighted by molar-refractivity contribution is 6.01. The molecule has 0 amide bonds. The van der Waals surface area contributed by atoms with Crippen molar-refractivity contribution in [2.75, 3.05) is 19.7 Å². The first-order valence-corrected chi connectivity index (χ1v) is 10.4. The number of ether oxygens (including phenoxy) is 1. The van der Waals surface area contributed by atoms with Gasteiger partial charge in [-0.25, -0.2) is 23.7 Å². The number of aryl methyl sites for hydroxylation is 1. The molecule has 1 fully saturated rings. The lowest BCUT2D eigenvalue weighted by molar-refractivity contribution is 0.0743. The van der Waals surface area contributed by atoms with Gasteiger partial charge in [0.2, 0.25) is 5.88 Å². The van der Waals surface area contributed by atoms with Crippen molar-refractivity contribution in [3.63, 3.8) is 0 Å². The lowest BCUT2D eigenvalue weighted by Crippen LogP contribution is -2.39. The number of benzene rings is 1. The van der Waals surface area contributed by atoms with Crippen LogP contribution in [0.5, 0.6) is 5.88 Å². The Balaban J connectivity index is 1.64. The maximum Gasteiger partial charge on any atom is 0.213 e. The Morgan fingerprint density at radius 1 is 1.18 bits per heavy atom. The summed E-state index contributed by atoms with van der Waals surface area (Å²) in [6, 6.07) is 8.89. The topological polar surface area (TPSA) is 101 Å². The molecule has 1 N–H and O–H groups in total. The van der Waals surface area contributed by atoms with Crippen LogP contribution >= 0.6 is 0 Å². The minimum absolute atomic E-state index is 0.152. The molecular formula is C24H21F2N5O2. The number of hydrogen-bond acceptors (Lipinski definition) is 7. The van der Waals surface area contributed by atoms with Crippen LogP contribution in [-0.4, -0.2) is 40.4 Å². The Morgan fingerprint density at radius 2 is 1.97 bits per heavy atom. The van der Waals surface area contributed by atoms with Gasteiger partial charge in [-0.2, -0.15) is 5.26 Å². The van der Waals surface area contributed by atoms with E-state index in [0.717, 1.165) is 12.1 Å². The molecule has 7 nitrogen and oxygen atoms in total. The second-order valence-electron chi connectivity index (χ2n) is 7.96. The standard InChI is InChI=1S/C24H21F2N5O2/c1-15-29-11-18(12-30-15)23(32)24(6-7-33-22-5-2-16(9-27)10-31-22)14-28-13-19(24)17-3-4-20(25)21(26)8-17/h2-5,8,10-12,19,28H,6-7,13-14H2,1H3/t19-,24-/m0/s1. The highest BCUT2D eigenvalue weighted by Crippen LogP contribution is 2.45. The van der Waals surface area contributed by atoms with E-state index in [0.29, 0.717) is 41.5 Å². The van der Waals surface area contributed by atoms with Crippen LogP contribution in [0.25, 0.3) is 0 Å². The zero-order valence-corrected chi connectivity index (χ0v) is 17.9. The van der Waals surface area contributed by atoms with E-state index in [4.69, 9.17) is 10.00 Å². The maximum absolute atomic E-state index is 14.0. The Labute approximate surface area is 189 Å². The summed E-state index contributed by atoms with van der Waals surface area (Å²) in [4.78, 5) is 26.1. The monoisotopic (exact) mass is 449 g/mol. The van der Waals surface area contributed by atoms with E-state index in [9.17, 15) is 13.6 Å². The van der Waals surface area contributed by atoms with Gasteiger partial charge < -0.3 is 10.1 Å². The van der Waals surface area contributed by atoms with Crippen LogP contribution < -0.4 is 10.1 Å². The van der Waals surface area contributed by atoms with Gasteiger partial charge >= 0.3 is 0 Å². The molecule has 0 bridgehead atoms. The number of aromatic nitrogens is 3. The molecule has 2 aromatic heterocycles. The van der Waals surface area contributed by atoms with Crippen LogP contribution in [0.3, 0.4) is 0 Å². The van der Waals surface area contributed by atoms with Gasteiger partial charge in [-0.1, -0.05) is 6.07 Å². The number of ketones is 1. The van der Waals surface area contributed by atoms with Crippen LogP contribution in [0.2, 0.25) is 0 Å². The minimum atomic E-state index is -0.991. The van der Waals surface area contributed by atoms with Crippen molar-refractivity contribution in [1.29, 1.82) is 5.26 Å². The molecule has 168 valence electrons. The van der Waals surface area contributed by atoms with Crippen LogP contribution in [0.15, 0.2) is 48.9 Å². The SMILES string of the molecule is Cc1ncc(C(=O)[C@@]2(CCOc3ccc(C#N)cn3)CNC[C@H]2c2ccc(F)c(F)c2)cn1. The predicted molar refractivity (Wildman–Crippen MR) is 115 cm³/mol. The van der Waals surface area contributed by atoms with Gasteiger partial charge in [-0.15, -0.1) is 0 Å². The minimum Gasteiger partial charge on any atom is -0.478 e. The van der Waals surface area contributed by atoms with E-state index in [2.05, 4.69) is 20.3 Å². The number of hydrogen-bond donors (Lipinski definition) is 1. The number of nitrogens with one attached hydrogen (secondary N) is 1. The average Bonchev–Trinajstić information content (AvgIpc) is 3.26. The van der Waals surface area contributed by atoms with Gasteiger partial charge in [0.15, 0.2) is 17.4 Å². The second kappa shape index (κ2) is 9.38. The number of halogens is 2. The lowest BCUT2D eigenvalue weighted by Gasteiger charge is -2.33. The van der Waals surface area contributed by atoms with E-state index in [1.165, 1.54) is 24.7 Å². The van der Waals surface area contributed by atoms with Gasteiger partial charge in [0, 0.05) is 43.7 Å². The van der Waals surface area contributed by atoms with Crippen molar-refractivity contribution in [1.82, 2.24) is 20.3 Å². The van der Waals surface area contributed by atoms with Crippen molar-refractivity contribution in [2.45, 2.75) is 19.3 Å². The summed E-state index contributed by atoms with van der Waals surface area (Å²) in [5, 5.41) is 12.1. The molecule has 3 heterocycles. The van der Waals surface area contributed by atoms with Crippen molar-refractivity contribution in [3.05, 3.63) is 83.1 Å². The summed E-state index contributed by atoms with van der Waals surface area (Å²) < 4.78 is 33.4. The van der Waals surface area contributed by atoms with Crippen LogP contribution in [-0.2, 0) is 0 Å². The fraction of sp³-hybridized carbons (Fsp3) is 0.292. The molecule has 33 heavy (non-hydrogen) atoms. The zero-order chi connectivity index (χ0) is 23.4. The van der Waals surface area contributed by atoms with Gasteiger partial charge in [0.1, 0.15) is 11.9 Å². The Hall–Kier alpha value is -3.77. The number of nitrogens with zero attached hydrogens (tertiary/aromatic N) is 4. The molecule has 0 radical (unpaired) electrons. The Kier molecular flexibility index (Phi) is 6.38. The highest BCUT2D eigenvalue weighted by Gasteiger charge is 2.50. The quantitative estimate of drug-likeness (QED) is 0.552. The van der Waals surface area contributed by atoms with Crippen LogP contribution in [0, 0.1) is 35.3 Å². The van der Waals surface area contributed by atoms with Gasteiger partial charge in [-0.05, 0) is 37.1 Å². The first-order chi connectivity index (χ1) is 15.9. The van der Waals surface area contributed by atoms with Crippen LogP contribution in [0.1, 0.15) is 39.6 Å². The van der Waals surface area contributed by atoms with Crippen molar-refractivity contribution in [3.8, 4) is 11.9 Å². The molecule has 1 saturated heterocycles. The third kappa shape index (κ3) is 4.56. The van der Waals surface area contributed by atoms with E-state index >= 15 is 0 Å². The van der Waals surface area contributed by atoms with Crippen molar-refractivity contribution >= 4 is 5.78 Å². The van der Waals surface area contributed by atoms with E-state index in [-0.39, 0.29) is 18.8 Å². The molecule has 0 saturated carbocycles. The number of carbonyl (C=O) groups excluding carboxylic acids is 1. The average molecular weight is 449 g/mol. The van der Waals surface area contributed by atoms with E-state index in [1.54, 1.807) is 19.1 Å². The molecule has 2 atom stereocenters. The molecule has 0 spiro atoms. The summed E-state index contributed by atoms with van der Waals surface area (Å²) in [6.07, 6.45) is 4.66. The summed E-state index contributed by atoms with van der Waals surface area (Å²) in [6.45, 7) is 2.62. The first kappa shape index (κ1) is 22.4.